The lowest BCUT2D eigenvalue weighted by atomic mass is 10.1. The molecule has 0 aliphatic heterocycles. The number of carbonyl (C=O) groups excluding carboxylic acids is 1. The summed E-state index contributed by atoms with van der Waals surface area (Å²) in [6.07, 6.45) is 0. The standard InChI is InChI=1S/C22H17BrN2O2S/c1-13-9-17(23)11-18(20(13)27-2)21(26)25-22-24-19(12-28-22)16-8-7-14-5-3-4-6-15(14)10-16/h3-12H,1-2H3,(H,24,25,26). The number of aryl methyl sites for hydroxylation is 1. The highest BCUT2D eigenvalue weighted by atomic mass is 79.9. The maximum Gasteiger partial charge on any atom is 0.261 e. The lowest BCUT2D eigenvalue weighted by molar-refractivity contribution is 0.102. The first-order chi connectivity index (χ1) is 13.5. The molecule has 0 saturated heterocycles. The molecule has 4 nitrogen and oxygen atoms in total. The third kappa shape index (κ3) is 3.66. The fraction of sp³-hybridized carbons (Fsp3) is 0.0909. The highest BCUT2D eigenvalue weighted by Gasteiger charge is 2.17. The van der Waals surface area contributed by atoms with Crippen molar-refractivity contribution in [2.75, 3.05) is 12.4 Å². The van der Waals surface area contributed by atoms with Crippen LogP contribution in [0.4, 0.5) is 5.13 Å². The lowest BCUT2D eigenvalue weighted by Gasteiger charge is -2.11. The number of ether oxygens (including phenoxy) is 1. The number of nitrogens with one attached hydrogen (secondary N) is 1. The highest BCUT2D eigenvalue weighted by Crippen LogP contribution is 2.31. The number of halogens is 1. The third-order valence-electron chi connectivity index (χ3n) is 4.46. The molecular weight excluding hydrogens is 436 g/mol. The number of hydrogen-bond acceptors (Lipinski definition) is 4. The van der Waals surface area contributed by atoms with Gasteiger partial charge < -0.3 is 4.74 Å². The second-order valence-electron chi connectivity index (χ2n) is 6.36. The van der Waals surface area contributed by atoms with Gasteiger partial charge in [-0.25, -0.2) is 4.98 Å². The molecule has 28 heavy (non-hydrogen) atoms. The zero-order valence-electron chi connectivity index (χ0n) is 15.3. The molecule has 0 aliphatic rings. The maximum absolute atomic E-state index is 12.8. The number of methoxy groups -OCH3 is 1. The summed E-state index contributed by atoms with van der Waals surface area (Å²) in [7, 11) is 1.56. The Labute approximate surface area is 175 Å². The molecule has 0 bridgehead atoms. The Kier molecular flexibility index (Phi) is 5.15. The Morgan fingerprint density at radius 2 is 1.89 bits per heavy atom. The molecule has 0 unspecified atom stereocenters. The van der Waals surface area contributed by atoms with Gasteiger partial charge in [0.05, 0.1) is 18.4 Å². The van der Waals surface area contributed by atoms with Crippen LogP contribution in [0, 0.1) is 6.92 Å². The minimum absolute atomic E-state index is 0.249. The predicted molar refractivity (Wildman–Crippen MR) is 118 cm³/mol. The molecule has 0 fully saturated rings. The summed E-state index contributed by atoms with van der Waals surface area (Å²) in [6.45, 7) is 1.90. The number of carbonyl (C=O) groups is 1. The summed E-state index contributed by atoms with van der Waals surface area (Å²) in [6, 6.07) is 18.1. The van der Waals surface area contributed by atoms with Crippen molar-refractivity contribution < 1.29 is 9.53 Å². The number of hydrogen-bond donors (Lipinski definition) is 1. The number of fused-ring (bicyclic) bond motifs is 1. The van der Waals surface area contributed by atoms with Crippen molar-refractivity contribution in [3.8, 4) is 17.0 Å². The molecule has 0 radical (unpaired) electrons. The van der Waals surface area contributed by atoms with Crippen LogP contribution < -0.4 is 10.1 Å². The third-order valence-corrected chi connectivity index (χ3v) is 5.67. The topological polar surface area (TPSA) is 51.2 Å². The molecule has 4 rings (SSSR count). The van der Waals surface area contributed by atoms with Gasteiger partial charge >= 0.3 is 0 Å². The van der Waals surface area contributed by atoms with Gasteiger partial charge in [0.1, 0.15) is 5.75 Å². The van der Waals surface area contributed by atoms with Crippen LogP contribution in [0.1, 0.15) is 15.9 Å². The van der Waals surface area contributed by atoms with Crippen molar-refractivity contribution in [3.05, 3.63) is 75.6 Å². The maximum atomic E-state index is 12.8. The number of amides is 1. The molecule has 4 aromatic rings. The number of rotatable bonds is 4. The lowest BCUT2D eigenvalue weighted by Crippen LogP contribution is -2.13. The molecule has 6 heteroatoms. The van der Waals surface area contributed by atoms with E-state index >= 15 is 0 Å². The van der Waals surface area contributed by atoms with Crippen molar-refractivity contribution in [3.63, 3.8) is 0 Å². The van der Waals surface area contributed by atoms with E-state index in [9.17, 15) is 4.79 Å². The van der Waals surface area contributed by atoms with E-state index in [1.807, 2.05) is 36.6 Å². The average Bonchev–Trinajstić information content (AvgIpc) is 3.15. The number of benzene rings is 3. The largest absolute Gasteiger partial charge is 0.496 e. The van der Waals surface area contributed by atoms with E-state index in [1.54, 1.807) is 13.2 Å². The summed E-state index contributed by atoms with van der Waals surface area (Å²) >= 11 is 4.83. The van der Waals surface area contributed by atoms with Crippen LogP contribution in [-0.4, -0.2) is 18.0 Å². The Balaban J connectivity index is 1.60. The van der Waals surface area contributed by atoms with Crippen LogP contribution in [0.2, 0.25) is 0 Å². The zero-order valence-corrected chi connectivity index (χ0v) is 17.7. The highest BCUT2D eigenvalue weighted by molar-refractivity contribution is 9.10. The molecule has 1 amide bonds. The van der Waals surface area contributed by atoms with E-state index in [4.69, 9.17) is 4.74 Å². The quantitative estimate of drug-likeness (QED) is 0.395. The first-order valence-corrected chi connectivity index (χ1v) is 10.3. The minimum Gasteiger partial charge on any atom is -0.496 e. The fourth-order valence-corrected chi connectivity index (χ4v) is 4.43. The van der Waals surface area contributed by atoms with Crippen LogP contribution in [0.5, 0.6) is 5.75 Å². The monoisotopic (exact) mass is 452 g/mol. The van der Waals surface area contributed by atoms with E-state index < -0.39 is 0 Å². The van der Waals surface area contributed by atoms with Crippen molar-refractivity contribution in [1.29, 1.82) is 0 Å². The van der Waals surface area contributed by atoms with Gasteiger partial charge in [-0.2, -0.15) is 0 Å². The van der Waals surface area contributed by atoms with E-state index in [0.717, 1.165) is 26.7 Å². The molecule has 0 aliphatic carbocycles. The first kappa shape index (κ1) is 18.7. The summed E-state index contributed by atoms with van der Waals surface area (Å²) in [5.41, 5.74) is 3.21. The van der Waals surface area contributed by atoms with Gasteiger partial charge in [-0.1, -0.05) is 52.3 Å². The Hall–Kier alpha value is -2.70. The van der Waals surface area contributed by atoms with Crippen LogP contribution in [0.3, 0.4) is 0 Å². The molecule has 0 spiro atoms. The van der Waals surface area contributed by atoms with Gasteiger partial charge in [0, 0.05) is 15.4 Å². The van der Waals surface area contributed by atoms with Crippen molar-refractivity contribution in [2.45, 2.75) is 6.92 Å². The molecule has 1 aromatic heterocycles. The Morgan fingerprint density at radius 1 is 1.11 bits per heavy atom. The molecule has 0 atom stereocenters. The Bertz CT molecular complexity index is 1190. The van der Waals surface area contributed by atoms with Crippen LogP contribution in [0.15, 0.2) is 64.5 Å². The van der Waals surface area contributed by atoms with Crippen LogP contribution >= 0.6 is 27.3 Å². The van der Waals surface area contributed by atoms with Gasteiger partial charge in [-0.15, -0.1) is 11.3 Å². The second-order valence-corrected chi connectivity index (χ2v) is 8.13. The van der Waals surface area contributed by atoms with Crippen molar-refractivity contribution in [2.24, 2.45) is 0 Å². The first-order valence-electron chi connectivity index (χ1n) is 8.65. The molecular formula is C22H17BrN2O2S. The van der Waals surface area contributed by atoms with E-state index in [0.29, 0.717) is 16.4 Å². The number of nitrogens with zero attached hydrogens (tertiary/aromatic N) is 1. The van der Waals surface area contributed by atoms with Gasteiger partial charge in [0.15, 0.2) is 5.13 Å². The second kappa shape index (κ2) is 7.73. The minimum atomic E-state index is -0.249. The van der Waals surface area contributed by atoms with Gasteiger partial charge in [0.25, 0.3) is 5.91 Å². The van der Waals surface area contributed by atoms with Gasteiger partial charge in [0.2, 0.25) is 0 Å². The number of aromatic nitrogens is 1. The number of anilines is 1. The van der Waals surface area contributed by atoms with Crippen LogP contribution in [0.25, 0.3) is 22.0 Å². The molecule has 0 saturated carbocycles. The summed E-state index contributed by atoms with van der Waals surface area (Å²) in [4.78, 5) is 17.4. The molecule has 1 heterocycles. The molecule has 1 N–H and O–H groups in total. The van der Waals surface area contributed by atoms with Crippen LogP contribution in [-0.2, 0) is 0 Å². The Morgan fingerprint density at radius 3 is 2.68 bits per heavy atom. The molecule has 140 valence electrons. The SMILES string of the molecule is COc1c(C)cc(Br)cc1C(=O)Nc1nc(-c2ccc3ccccc3c2)cs1. The zero-order chi connectivity index (χ0) is 19.7. The van der Waals surface area contributed by atoms with E-state index in [-0.39, 0.29) is 5.91 Å². The average molecular weight is 453 g/mol. The summed E-state index contributed by atoms with van der Waals surface area (Å²) in [5, 5.41) is 7.73. The van der Waals surface area contributed by atoms with Gasteiger partial charge in [-0.05, 0) is 41.5 Å². The van der Waals surface area contributed by atoms with E-state index in [1.165, 1.54) is 16.7 Å². The summed E-state index contributed by atoms with van der Waals surface area (Å²) in [5.74, 6) is 0.313. The fourth-order valence-electron chi connectivity index (χ4n) is 3.15. The van der Waals surface area contributed by atoms with Crippen molar-refractivity contribution >= 4 is 49.1 Å². The van der Waals surface area contributed by atoms with Gasteiger partial charge in [-0.3, -0.25) is 10.1 Å². The van der Waals surface area contributed by atoms with Crippen molar-refractivity contribution in [1.82, 2.24) is 4.98 Å². The summed E-state index contributed by atoms with van der Waals surface area (Å²) < 4.78 is 6.23. The smallest absolute Gasteiger partial charge is 0.261 e. The predicted octanol–water partition coefficient (Wildman–Crippen LogP) is 6.30. The number of thiazole rings is 1. The van der Waals surface area contributed by atoms with E-state index in [2.05, 4.69) is 50.5 Å². The molecule has 3 aromatic carbocycles. The normalized spacial score (nSPS) is 10.8.